The molecule has 1 aliphatic heterocycles. The summed E-state index contributed by atoms with van der Waals surface area (Å²) in [6, 6.07) is 15.0. The molecular weight excluding hydrogens is 432 g/mol. The van der Waals surface area contributed by atoms with Gasteiger partial charge < -0.3 is 14.5 Å². The summed E-state index contributed by atoms with van der Waals surface area (Å²) in [4.78, 5) is 10.4. The molecule has 3 heterocycles. The molecule has 6 nitrogen and oxygen atoms in total. The highest BCUT2D eigenvalue weighted by molar-refractivity contribution is 7.13. The van der Waals surface area contributed by atoms with Crippen LogP contribution < -0.4 is 14.5 Å². The van der Waals surface area contributed by atoms with Gasteiger partial charge in [0.05, 0.1) is 23.5 Å². The van der Waals surface area contributed by atoms with Crippen molar-refractivity contribution in [2.75, 3.05) is 51.8 Å². The lowest BCUT2D eigenvalue weighted by Crippen LogP contribution is -2.47. The molecular formula is C23H27ClN4O2S. The molecule has 0 unspecified atom stereocenters. The second-order valence-electron chi connectivity index (χ2n) is 7.64. The minimum Gasteiger partial charge on any atom is -0.494 e. The van der Waals surface area contributed by atoms with Crippen molar-refractivity contribution in [2.45, 2.75) is 6.42 Å². The standard InChI is InChI=1S/C23H26N4O2S.ClH/c1-28-21-16-27(29-2)20-8-7-17(15-19(20)21)9-10-25-11-13-26(14-12-25)23-18-5-3-4-6-22(18)30-24-23;/h3-8,15-16H,9-14H2,1-2H3;1H. The number of halogens is 1. The van der Waals surface area contributed by atoms with E-state index in [2.05, 4.69) is 52.3 Å². The molecule has 0 amide bonds. The van der Waals surface area contributed by atoms with Gasteiger partial charge in [-0.2, -0.15) is 9.10 Å². The molecule has 0 spiro atoms. The van der Waals surface area contributed by atoms with Gasteiger partial charge in [0, 0.05) is 43.5 Å². The number of benzene rings is 2. The topological polar surface area (TPSA) is 42.8 Å². The zero-order valence-electron chi connectivity index (χ0n) is 17.8. The van der Waals surface area contributed by atoms with Crippen molar-refractivity contribution in [2.24, 2.45) is 0 Å². The molecule has 0 N–H and O–H groups in total. The molecule has 5 rings (SSSR count). The Morgan fingerprint density at radius 3 is 2.58 bits per heavy atom. The molecule has 1 saturated heterocycles. The van der Waals surface area contributed by atoms with Crippen LogP contribution >= 0.6 is 23.9 Å². The van der Waals surface area contributed by atoms with Crippen molar-refractivity contribution in [3.63, 3.8) is 0 Å². The van der Waals surface area contributed by atoms with Crippen LogP contribution in [-0.4, -0.2) is 60.9 Å². The van der Waals surface area contributed by atoms with Gasteiger partial charge in [-0.25, -0.2) is 0 Å². The zero-order chi connectivity index (χ0) is 20.5. The highest BCUT2D eigenvalue weighted by Crippen LogP contribution is 2.30. The van der Waals surface area contributed by atoms with Crippen LogP contribution in [0.15, 0.2) is 48.7 Å². The fourth-order valence-corrected chi connectivity index (χ4v) is 5.05. The number of anilines is 1. The summed E-state index contributed by atoms with van der Waals surface area (Å²) in [5.41, 5.74) is 2.35. The smallest absolute Gasteiger partial charge is 0.150 e. The van der Waals surface area contributed by atoms with Crippen LogP contribution in [0.1, 0.15) is 5.56 Å². The molecule has 0 bridgehead atoms. The van der Waals surface area contributed by atoms with Crippen LogP contribution in [-0.2, 0) is 6.42 Å². The number of hydrogen-bond donors (Lipinski definition) is 0. The van der Waals surface area contributed by atoms with Gasteiger partial charge in [-0.1, -0.05) is 18.2 Å². The van der Waals surface area contributed by atoms with Gasteiger partial charge >= 0.3 is 0 Å². The van der Waals surface area contributed by atoms with E-state index in [9.17, 15) is 0 Å². The maximum Gasteiger partial charge on any atom is 0.150 e. The Bertz CT molecular complexity index is 1170. The summed E-state index contributed by atoms with van der Waals surface area (Å²) in [6.45, 7) is 5.24. The molecule has 0 aliphatic carbocycles. The van der Waals surface area contributed by atoms with Crippen LogP contribution in [0, 0.1) is 0 Å². The summed E-state index contributed by atoms with van der Waals surface area (Å²) in [5, 5.41) is 2.37. The second-order valence-corrected chi connectivity index (χ2v) is 8.44. The summed E-state index contributed by atoms with van der Waals surface area (Å²) in [5.74, 6) is 1.99. The number of hydrogen-bond acceptors (Lipinski definition) is 6. The van der Waals surface area contributed by atoms with Gasteiger partial charge in [0.2, 0.25) is 0 Å². The van der Waals surface area contributed by atoms with E-state index in [0.717, 1.165) is 61.6 Å². The number of nitrogens with zero attached hydrogens (tertiary/aromatic N) is 4. The van der Waals surface area contributed by atoms with Crippen molar-refractivity contribution in [1.29, 1.82) is 0 Å². The summed E-state index contributed by atoms with van der Waals surface area (Å²) in [6.07, 6.45) is 2.91. The molecule has 2 aromatic heterocycles. The number of piperazine rings is 1. The Hall–Kier alpha value is -2.48. The van der Waals surface area contributed by atoms with Crippen LogP contribution in [0.5, 0.6) is 5.75 Å². The average Bonchev–Trinajstić information content (AvgIpc) is 3.39. The van der Waals surface area contributed by atoms with Gasteiger partial charge in [0.25, 0.3) is 0 Å². The molecule has 2 aromatic carbocycles. The number of ether oxygens (including phenoxy) is 1. The normalized spacial score (nSPS) is 14.7. The minimum atomic E-state index is 0. The van der Waals surface area contributed by atoms with Crippen LogP contribution in [0.25, 0.3) is 21.0 Å². The van der Waals surface area contributed by atoms with E-state index >= 15 is 0 Å². The van der Waals surface area contributed by atoms with Gasteiger partial charge in [-0.3, -0.25) is 4.90 Å². The van der Waals surface area contributed by atoms with Crippen LogP contribution in [0.2, 0.25) is 0 Å². The molecule has 31 heavy (non-hydrogen) atoms. The third kappa shape index (κ3) is 4.18. The van der Waals surface area contributed by atoms with Gasteiger partial charge in [-0.05, 0) is 47.8 Å². The van der Waals surface area contributed by atoms with Crippen LogP contribution in [0.3, 0.4) is 0 Å². The quantitative estimate of drug-likeness (QED) is 0.435. The predicted octanol–water partition coefficient (Wildman–Crippen LogP) is 4.10. The molecule has 0 atom stereocenters. The summed E-state index contributed by atoms with van der Waals surface area (Å²) < 4.78 is 13.2. The Balaban J connectivity index is 0.00000231. The van der Waals surface area contributed by atoms with E-state index in [4.69, 9.17) is 13.9 Å². The van der Waals surface area contributed by atoms with E-state index in [1.54, 1.807) is 30.5 Å². The number of methoxy groups -OCH3 is 1. The average molecular weight is 459 g/mol. The van der Waals surface area contributed by atoms with E-state index < -0.39 is 0 Å². The van der Waals surface area contributed by atoms with E-state index in [1.165, 1.54) is 15.6 Å². The zero-order valence-corrected chi connectivity index (χ0v) is 19.4. The van der Waals surface area contributed by atoms with Crippen molar-refractivity contribution < 1.29 is 9.57 Å². The van der Waals surface area contributed by atoms with Crippen molar-refractivity contribution in [3.8, 4) is 5.75 Å². The molecule has 0 radical (unpaired) electrons. The van der Waals surface area contributed by atoms with Gasteiger partial charge in [-0.15, -0.1) is 12.4 Å². The Morgan fingerprint density at radius 1 is 1.00 bits per heavy atom. The van der Waals surface area contributed by atoms with Crippen LogP contribution in [0.4, 0.5) is 5.82 Å². The molecule has 1 fully saturated rings. The number of rotatable bonds is 6. The first-order valence-corrected chi connectivity index (χ1v) is 11.1. The van der Waals surface area contributed by atoms with E-state index in [1.807, 2.05) is 6.20 Å². The Kier molecular flexibility index (Phi) is 6.55. The Morgan fingerprint density at radius 2 is 1.81 bits per heavy atom. The third-order valence-electron chi connectivity index (χ3n) is 5.96. The predicted molar refractivity (Wildman–Crippen MR) is 130 cm³/mol. The lowest BCUT2D eigenvalue weighted by molar-refractivity contribution is 0.177. The fraction of sp³-hybridized carbons (Fsp3) is 0.348. The molecule has 1 aliphatic rings. The molecule has 4 aromatic rings. The van der Waals surface area contributed by atoms with Crippen molar-refractivity contribution in [1.82, 2.24) is 14.0 Å². The fourth-order valence-electron chi connectivity index (χ4n) is 4.26. The number of aromatic nitrogens is 2. The maximum absolute atomic E-state index is 5.52. The molecule has 0 saturated carbocycles. The first-order valence-electron chi connectivity index (χ1n) is 10.3. The SMILES string of the molecule is COc1cn(OC)c2ccc(CCN3CCN(c4nsc5ccccc45)CC3)cc12.Cl. The Labute approximate surface area is 192 Å². The van der Waals surface area contributed by atoms with Gasteiger partial charge in [0.15, 0.2) is 0 Å². The van der Waals surface area contributed by atoms with Crippen molar-refractivity contribution in [3.05, 3.63) is 54.2 Å². The summed E-state index contributed by atoms with van der Waals surface area (Å²) in [7, 11) is 3.37. The largest absolute Gasteiger partial charge is 0.494 e. The van der Waals surface area contributed by atoms with E-state index in [0.29, 0.717) is 0 Å². The first-order chi connectivity index (χ1) is 14.8. The highest BCUT2D eigenvalue weighted by atomic mass is 35.5. The summed E-state index contributed by atoms with van der Waals surface area (Å²) >= 11 is 1.60. The molecule has 164 valence electrons. The molecule has 8 heteroatoms. The van der Waals surface area contributed by atoms with Gasteiger partial charge in [0.1, 0.15) is 18.7 Å². The highest BCUT2D eigenvalue weighted by Gasteiger charge is 2.20. The monoisotopic (exact) mass is 458 g/mol. The van der Waals surface area contributed by atoms with Crippen molar-refractivity contribution >= 4 is 50.7 Å². The lowest BCUT2D eigenvalue weighted by Gasteiger charge is -2.35. The second kappa shape index (κ2) is 9.34. The minimum absolute atomic E-state index is 0. The third-order valence-corrected chi connectivity index (χ3v) is 6.78. The van der Waals surface area contributed by atoms with E-state index in [-0.39, 0.29) is 12.4 Å². The maximum atomic E-state index is 5.52. The first kappa shape index (κ1) is 21.7. The number of fused-ring (bicyclic) bond motifs is 2. The lowest BCUT2D eigenvalue weighted by atomic mass is 10.1.